The number of rotatable bonds is 5. The average molecular weight is 394 g/mol. The van der Waals surface area contributed by atoms with Crippen LogP contribution in [0.4, 0.5) is 5.69 Å². The number of anilines is 1. The number of nitrogens with zero attached hydrogens (tertiary/aromatic N) is 3. The lowest BCUT2D eigenvalue weighted by molar-refractivity contribution is -0.118. The second-order valence-corrected chi connectivity index (χ2v) is 6.83. The van der Waals surface area contributed by atoms with Gasteiger partial charge in [-0.2, -0.15) is 9.61 Å². The van der Waals surface area contributed by atoms with Gasteiger partial charge in [-0.25, -0.2) is 0 Å². The van der Waals surface area contributed by atoms with Crippen molar-refractivity contribution in [1.82, 2.24) is 9.61 Å². The highest BCUT2D eigenvalue weighted by Crippen LogP contribution is 2.38. The van der Waals surface area contributed by atoms with E-state index in [2.05, 4.69) is 0 Å². The van der Waals surface area contributed by atoms with Gasteiger partial charge in [0.25, 0.3) is 0 Å². The molecule has 5 nitrogen and oxygen atoms in total. The van der Waals surface area contributed by atoms with Crippen LogP contribution >= 0.6 is 23.2 Å². The van der Waals surface area contributed by atoms with Crippen LogP contribution in [0.5, 0.6) is 0 Å². The van der Waals surface area contributed by atoms with E-state index in [4.69, 9.17) is 32.7 Å². The van der Waals surface area contributed by atoms with Crippen molar-refractivity contribution in [3.05, 3.63) is 39.7 Å². The number of fused-ring (bicyclic) bond motifs is 1. The first-order valence-corrected chi connectivity index (χ1v) is 9.45. The molecular formula is C19H21Cl2N3O2. The summed E-state index contributed by atoms with van der Waals surface area (Å²) in [5.41, 5.74) is 3.67. The van der Waals surface area contributed by atoms with Crippen LogP contribution in [-0.2, 0) is 11.2 Å². The van der Waals surface area contributed by atoms with Crippen molar-refractivity contribution in [2.75, 3.05) is 11.4 Å². The van der Waals surface area contributed by atoms with Gasteiger partial charge in [-0.3, -0.25) is 4.79 Å². The number of benzene rings is 1. The fourth-order valence-corrected chi connectivity index (χ4v) is 3.67. The summed E-state index contributed by atoms with van der Waals surface area (Å²) in [6.07, 6.45) is 1.11. The molecule has 3 aromatic rings. The SMILES string of the molecule is CCC(=O)N(CC)c1c(CC)nn2c(-c3ccc(Cl)cc3Cl)c(C)oc12. The molecule has 0 saturated heterocycles. The zero-order valence-corrected chi connectivity index (χ0v) is 16.8. The molecule has 0 fully saturated rings. The Balaban J connectivity index is 2.29. The number of aryl methyl sites for hydroxylation is 2. The largest absolute Gasteiger partial charge is 0.439 e. The minimum atomic E-state index is 0.0391. The fraction of sp³-hybridized carbons (Fsp3) is 0.368. The van der Waals surface area contributed by atoms with Gasteiger partial charge in [0, 0.05) is 23.6 Å². The zero-order valence-electron chi connectivity index (χ0n) is 15.3. The summed E-state index contributed by atoms with van der Waals surface area (Å²) in [5.74, 6) is 0.720. The monoisotopic (exact) mass is 393 g/mol. The highest BCUT2D eigenvalue weighted by atomic mass is 35.5. The molecular weight excluding hydrogens is 373 g/mol. The third-order valence-corrected chi connectivity index (χ3v) is 4.94. The number of carbonyl (C=O) groups is 1. The standard InChI is InChI=1S/C19H21Cl2N3O2/c1-5-15-18(23(7-3)16(25)6-2)19-24(22-15)17(11(4)26-19)13-9-8-12(20)10-14(13)21/h8-10H,5-7H2,1-4H3. The molecule has 7 heteroatoms. The van der Waals surface area contributed by atoms with Crippen LogP contribution < -0.4 is 4.90 Å². The van der Waals surface area contributed by atoms with Crippen LogP contribution in [0.15, 0.2) is 22.6 Å². The predicted molar refractivity (Wildman–Crippen MR) is 105 cm³/mol. The number of halogens is 2. The van der Waals surface area contributed by atoms with Crippen molar-refractivity contribution >= 4 is 40.5 Å². The van der Waals surface area contributed by atoms with Crippen molar-refractivity contribution in [1.29, 1.82) is 0 Å². The highest BCUT2D eigenvalue weighted by molar-refractivity contribution is 6.36. The van der Waals surface area contributed by atoms with Crippen LogP contribution in [0.2, 0.25) is 10.0 Å². The summed E-state index contributed by atoms with van der Waals surface area (Å²) in [6, 6.07) is 5.33. The smallest absolute Gasteiger partial charge is 0.247 e. The number of carbonyl (C=O) groups excluding carboxylic acids is 1. The molecule has 0 bridgehead atoms. The molecule has 0 atom stereocenters. The first-order valence-electron chi connectivity index (χ1n) is 8.69. The van der Waals surface area contributed by atoms with Gasteiger partial charge in [0.05, 0.1) is 10.7 Å². The van der Waals surface area contributed by atoms with E-state index in [0.717, 1.165) is 22.6 Å². The van der Waals surface area contributed by atoms with Crippen molar-refractivity contribution in [3.8, 4) is 11.3 Å². The van der Waals surface area contributed by atoms with E-state index in [1.165, 1.54) is 0 Å². The summed E-state index contributed by atoms with van der Waals surface area (Å²) in [6.45, 7) is 8.23. The predicted octanol–water partition coefficient (Wildman–Crippen LogP) is 5.53. The molecule has 1 amide bonds. The number of amides is 1. The molecule has 0 aliphatic heterocycles. The van der Waals surface area contributed by atoms with Crippen LogP contribution in [-0.4, -0.2) is 22.1 Å². The van der Waals surface area contributed by atoms with E-state index >= 15 is 0 Å². The molecule has 1 aromatic carbocycles. The first-order chi connectivity index (χ1) is 12.4. The van der Waals surface area contributed by atoms with Crippen molar-refractivity contribution in [2.45, 2.75) is 40.5 Å². The highest BCUT2D eigenvalue weighted by Gasteiger charge is 2.27. The number of oxazole rings is 1. The van der Waals surface area contributed by atoms with E-state index in [9.17, 15) is 4.79 Å². The maximum Gasteiger partial charge on any atom is 0.247 e. The summed E-state index contributed by atoms with van der Waals surface area (Å²) < 4.78 is 7.79. The summed E-state index contributed by atoms with van der Waals surface area (Å²) in [7, 11) is 0. The third kappa shape index (κ3) is 2.99. The topological polar surface area (TPSA) is 50.8 Å². The molecule has 3 rings (SSSR count). The van der Waals surface area contributed by atoms with Gasteiger partial charge in [-0.15, -0.1) is 0 Å². The van der Waals surface area contributed by atoms with Gasteiger partial charge in [-0.1, -0.05) is 37.0 Å². The van der Waals surface area contributed by atoms with E-state index in [1.54, 1.807) is 21.5 Å². The maximum absolute atomic E-state index is 12.4. The van der Waals surface area contributed by atoms with Crippen molar-refractivity contribution in [3.63, 3.8) is 0 Å². The van der Waals surface area contributed by atoms with E-state index in [1.807, 2.05) is 33.8 Å². The van der Waals surface area contributed by atoms with Crippen LogP contribution in [0.3, 0.4) is 0 Å². The number of hydrogen-bond acceptors (Lipinski definition) is 3. The Morgan fingerprint density at radius 3 is 2.58 bits per heavy atom. The quantitative estimate of drug-likeness (QED) is 0.571. The second-order valence-electron chi connectivity index (χ2n) is 5.99. The van der Waals surface area contributed by atoms with Crippen molar-refractivity contribution in [2.24, 2.45) is 0 Å². The Morgan fingerprint density at radius 2 is 2.00 bits per heavy atom. The van der Waals surface area contributed by atoms with Gasteiger partial charge in [0.2, 0.25) is 11.6 Å². The molecule has 0 saturated carbocycles. The van der Waals surface area contributed by atoms with Gasteiger partial charge < -0.3 is 9.32 Å². The number of aromatic nitrogens is 2. The Kier molecular flexibility index (Phi) is 5.30. The normalized spacial score (nSPS) is 11.3. The average Bonchev–Trinajstić information content (AvgIpc) is 3.11. The van der Waals surface area contributed by atoms with Gasteiger partial charge in [-0.05, 0) is 38.5 Å². The summed E-state index contributed by atoms with van der Waals surface area (Å²) in [4.78, 5) is 14.2. The molecule has 0 radical (unpaired) electrons. The van der Waals surface area contributed by atoms with Crippen LogP contribution in [0, 0.1) is 6.92 Å². The molecule has 138 valence electrons. The maximum atomic E-state index is 12.4. The van der Waals surface area contributed by atoms with E-state index in [0.29, 0.717) is 40.9 Å². The molecule has 2 aromatic heterocycles. The zero-order chi connectivity index (χ0) is 19.0. The Labute approximate surface area is 162 Å². The lowest BCUT2D eigenvalue weighted by atomic mass is 10.1. The first kappa shape index (κ1) is 18.8. The van der Waals surface area contributed by atoms with Crippen LogP contribution in [0.1, 0.15) is 38.6 Å². The molecule has 0 unspecified atom stereocenters. The molecule has 2 heterocycles. The second kappa shape index (κ2) is 7.33. The van der Waals surface area contributed by atoms with Gasteiger partial charge in [0.1, 0.15) is 17.1 Å². The minimum Gasteiger partial charge on any atom is -0.439 e. The third-order valence-electron chi connectivity index (χ3n) is 4.39. The molecule has 0 aliphatic carbocycles. The summed E-state index contributed by atoms with van der Waals surface area (Å²) >= 11 is 12.4. The Hall–Kier alpha value is -1.98. The minimum absolute atomic E-state index is 0.0391. The van der Waals surface area contributed by atoms with E-state index in [-0.39, 0.29) is 5.91 Å². The Bertz CT molecular complexity index is 975. The molecule has 0 N–H and O–H groups in total. The van der Waals surface area contributed by atoms with Gasteiger partial charge >= 0.3 is 0 Å². The lowest BCUT2D eigenvalue weighted by Gasteiger charge is -2.19. The Morgan fingerprint density at radius 1 is 1.27 bits per heavy atom. The van der Waals surface area contributed by atoms with Gasteiger partial charge in [0.15, 0.2) is 0 Å². The lowest BCUT2D eigenvalue weighted by Crippen LogP contribution is -2.30. The van der Waals surface area contributed by atoms with Crippen LogP contribution in [0.25, 0.3) is 17.0 Å². The summed E-state index contributed by atoms with van der Waals surface area (Å²) in [5, 5.41) is 5.81. The molecule has 0 aliphatic rings. The van der Waals surface area contributed by atoms with Crippen molar-refractivity contribution < 1.29 is 9.21 Å². The fourth-order valence-electron chi connectivity index (χ4n) is 3.17. The van der Waals surface area contributed by atoms with E-state index < -0.39 is 0 Å². The molecule has 26 heavy (non-hydrogen) atoms. The molecule has 0 spiro atoms. The number of hydrogen-bond donors (Lipinski definition) is 0.